The molecule has 2 fully saturated rings. The first-order chi connectivity index (χ1) is 11.7. The second-order valence-corrected chi connectivity index (χ2v) is 6.79. The van der Waals surface area contributed by atoms with Gasteiger partial charge >= 0.3 is 0 Å². The second kappa shape index (κ2) is 6.27. The van der Waals surface area contributed by atoms with Crippen molar-refractivity contribution < 1.29 is 14.9 Å². The van der Waals surface area contributed by atoms with Crippen molar-refractivity contribution in [2.75, 3.05) is 18.5 Å². The molecule has 2 aliphatic rings. The lowest BCUT2D eigenvalue weighted by atomic mass is 9.99. The van der Waals surface area contributed by atoms with E-state index in [0.717, 1.165) is 38.5 Å². The molecule has 3 N–H and O–H groups in total. The number of rotatable bonds is 5. The van der Waals surface area contributed by atoms with Crippen LogP contribution in [0, 0.1) is 0 Å². The van der Waals surface area contributed by atoms with Crippen LogP contribution in [0.15, 0.2) is 12.7 Å². The number of hydrogen-bond donors (Lipinski definition) is 3. The summed E-state index contributed by atoms with van der Waals surface area (Å²) in [7, 11) is 0. The van der Waals surface area contributed by atoms with Gasteiger partial charge in [0.25, 0.3) is 0 Å². The lowest BCUT2D eigenvalue weighted by Crippen LogP contribution is -2.39. The van der Waals surface area contributed by atoms with Crippen LogP contribution in [0.1, 0.15) is 44.8 Å². The minimum Gasteiger partial charge on any atom is -0.394 e. The Morgan fingerprint density at radius 2 is 2.04 bits per heavy atom. The van der Waals surface area contributed by atoms with Crippen LogP contribution in [-0.4, -0.2) is 54.6 Å². The smallest absolute Gasteiger partial charge is 0.167 e. The topological polar surface area (TPSA) is 105 Å². The van der Waals surface area contributed by atoms with E-state index in [0.29, 0.717) is 17.0 Å². The molecule has 2 atom stereocenters. The van der Waals surface area contributed by atoms with E-state index >= 15 is 0 Å². The molecule has 0 spiro atoms. The molecule has 0 unspecified atom stereocenters. The fourth-order valence-electron chi connectivity index (χ4n) is 3.81. The Bertz CT molecular complexity index is 713. The van der Waals surface area contributed by atoms with Crippen molar-refractivity contribution >= 4 is 17.0 Å². The predicted octanol–water partition coefficient (Wildman–Crippen LogP) is 1.21. The van der Waals surface area contributed by atoms with Crippen molar-refractivity contribution in [3.8, 4) is 0 Å². The number of anilines is 1. The van der Waals surface area contributed by atoms with Crippen LogP contribution in [0.4, 0.5) is 5.82 Å². The van der Waals surface area contributed by atoms with Crippen LogP contribution < -0.4 is 5.32 Å². The van der Waals surface area contributed by atoms with Crippen LogP contribution in [0.25, 0.3) is 11.2 Å². The van der Waals surface area contributed by atoms with E-state index in [2.05, 4.69) is 20.3 Å². The minimum atomic E-state index is -0.309. The Hall–Kier alpha value is -1.77. The Morgan fingerprint density at radius 3 is 2.75 bits per heavy atom. The van der Waals surface area contributed by atoms with Crippen LogP contribution >= 0.6 is 0 Å². The number of imidazole rings is 1. The van der Waals surface area contributed by atoms with Crippen molar-refractivity contribution in [2.45, 2.75) is 56.4 Å². The molecule has 1 aliphatic carbocycles. The summed E-state index contributed by atoms with van der Waals surface area (Å²) in [6, 6.07) is 0. The summed E-state index contributed by atoms with van der Waals surface area (Å²) in [6.07, 6.45) is 8.67. The van der Waals surface area contributed by atoms with Crippen molar-refractivity contribution in [1.82, 2.24) is 19.5 Å². The number of aromatic nitrogens is 4. The molecule has 2 aromatic rings. The quantitative estimate of drug-likeness (QED) is 0.755. The number of hydrogen-bond acceptors (Lipinski definition) is 7. The highest BCUT2D eigenvalue weighted by Crippen LogP contribution is 2.35. The van der Waals surface area contributed by atoms with Gasteiger partial charge in [-0.3, -0.25) is 4.57 Å². The molecule has 3 heterocycles. The molecule has 8 heteroatoms. The highest BCUT2D eigenvalue weighted by atomic mass is 16.5. The molecule has 1 aliphatic heterocycles. The third-order valence-electron chi connectivity index (χ3n) is 5.20. The second-order valence-electron chi connectivity index (χ2n) is 6.79. The lowest BCUT2D eigenvalue weighted by Gasteiger charge is -2.28. The van der Waals surface area contributed by atoms with E-state index in [1.807, 2.05) is 4.57 Å². The largest absolute Gasteiger partial charge is 0.394 e. The third-order valence-corrected chi connectivity index (χ3v) is 5.20. The van der Waals surface area contributed by atoms with Gasteiger partial charge in [0.2, 0.25) is 0 Å². The highest BCUT2D eigenvalue weighted by Gasteiger charge is 2.34. The first-order valence-electron chi connectivity index (χ1n) is 8.57. The Kier molecular flexibility index (Phi) is 4.11. The van der Waals surface area contributed by atoms with Crippen molar-refractivity contribution in [1.29, 1.82) is 0 Å². The molecular weight excluding hydrogens is 310 g/mol. The van der Waals surface area contributed by atoms with Crippen LogP contribution in [0.2, 0.25) is 0 Å². The molecule has 2 aromatic heterocycles. The van der Waals surface area contributed by atoms with E-state index in [4.69, 9.17) is 4.74 Å². The summed E-state index contributed by atoms with van der Waals surface area (Å²) in [5.74, 6) is 0.659. The maximum absolute atomic E-state index is 9.81. The van der Waals surface area contributed by atoms with Gasteiger partial charge in [-0.1, -0.05) is 12.8 Å². The number of nitrogens with zero attached hydrogens (tertiary/aromatic N) is 4. The fraction of sp³-hybridized carbons (Fsp3) is 0.688. The van der Waals surface area contributed by atoms with E-state index < -0.39 is 0 Å². The average molecular weight is 333 g/mol. The molecule has 0 aromatic carbocycles. The maximum atomic E-state index is 9.81. The summed E-state index contributed by atoms with van der Waals surface area (Å²) < 4.78 is 7.73. The van der Waals surface area contributed by atoms with Crippen LogP contribution in [0.3, 0.4) is 0 Å². The first kappa shape index (κ1) is 15.7. The zero-order valence-electron chi connectivity index (χ0n) is 13.6. The van der Waals surface area contributed by atoms with Crippen molar-refractivity contribution in [3.63, 3.8) is 0 Å². The lowest BCUT2D eigenvalue weighted by molar-refractivity contribution is -0.0207. The maximum Gasteiger partial charge on any atom is 0.167 e. The number of aliphatic hydroxyl groups excluding tert-OH is 2. The van der Waals surface area contributed by atoms with Gasteiger partial charge in [-0.25, -0.2) is 15.0 Å². The van der Waals surface area contributed by atoms with Gasteiger partial charge in [0.05, 0.1) is 31.2 Å². The summed E-state index contributed by atoms with van der Waals surface area (Å²) in [4.78, 5) is 13.2. The zero-order valence-corrected chi connectivity index (χ0v) is 13.6. The summed E-state index contributed by atoms with van der Waals surface area (Å²) >= 11 is 0. The van der Waals surface area contributed by atoms with Crippen molar-refractivity contribution in [2.24, 2.45) is 0 Å². The monoisotopic (exact) mass is 333 g/mol. The van der Waals surface area contributed by atoms with E-state index in [-0.39, 0.29) is 31.1 Å². The Labute approximate surface area is 139 Å². The van der Waals surface area contributed by atoms with Gasteiger partial charge in [0.15, 0.2) is 17.0 Å². The van der Waals surface area contributed by atoms with Gasteiger partial charge in [0.1, 0.15) is 12.6 Å². The van der Waals surface area contributed by atoms with Gasteiger partial charge in [0, 0.05) is 0 Å². The zero-order chi connectivity index (χ0) is 16.6. The summed E-state index contributed by atoms with van der Waals surface area (Å²) in [6.45, 7) is 0.118. The average Bonchev–Trinajstić information content (AvgIpc) is 3.34. The molecule has 8 nitrogen and oxygen atoms in total. The number of fused-ring (bicyclic) bond motifs is 1. The predicted molar refractivity (Wildman–Crippen MR) is 87.5 cm³/mol. The highest BCUT2D eigenvalue weighted by molar-refractivity contribution is 5.83. The molecular formula is C16H23N5O3. The van der Waals surface area contributed by atoms with E-state index in [1.165, 1.54) is 6.33 Å². The molecule has 4 rings (SSSR count). The Morgan fingerprint density at radius 1 is 1.21 bits per heavy atom. The van der Waals surface area contributed by atoms with Gasteiger partial charge in [-0.15, -0.1) is 0 Å². The number of nitrogens with one attached hydrogen (secondary N) is 1. The Balaban J connectivity index is 1.64. The molecule has 1 saturated carbocycles. The fourth-order valence-corrected chi connectivity index (χ4v) is 3.81. The molecule has 0 bridgehead atoms. The molecule has 0 amide bonds. The van der Waals surface area contributed by atoms with Crippen molar-refractivity contribution in [3.05, 3.63) is 12.7 Å². The van der Waals surface area contributed by atoms with E-state index in [9.17, 15) is 10.2 Å². The van der Waals surface area contributed by atoms with Gasteiger partial charge in [-0.05, 0) is 25.7 Å². The van der Waals surface area contributed by atoms with Gasteiger partial charge in [-0.2, -0.15) is 0 Å². The molecule has 0 radical (unpaired) electrons. The SMILES string of the molecule is OC[C@@H]1CC[C@H](n2cnc3c(NC4(CO)CCCC4)ncnc32)O1. The van der Waals surface area contributed by atoms with Crippen LogP contribution in [-0.2, 0) is 4.74 Å². The third kappa shape index (κ3) is 2.64. The number of aliphatic hydroxyl groups is 2. The summed E-state index contributed by atoms with van der Waals surface area (Å²) in [5.41, 5.74) is 1.09. The number of ether oxygens (including phenoxy) is 1. The molecule has 24 heavy (non-hydrogen) atoms. The molecule has 1 saturated heterocycles. The normalized spacial score (nSPS) is 26.2. The van der Waals surface area contributed by atoms with Gasteiger partial charge < -0.3 is 20.3 Å². The molecule has 130 valence electrons. The van der Waals surface area contributed by atoms with Crippen LogP contribution in [0.5, 0.6) is 0 Å². The summed E-state index contributed by atoms with van der Waals surface area (Å²) in [5, 5.41) is 22.5. The first-order valence-corrected chi connectivity index (χ1v) is 8.57. The van der Waals surface area contributed by atoms with E-state index in [1.54, 1.807) is 6.33 Å². The minimum absolute atomic E-state index is 0.0317. The standard InChI is InChI=1S/C16H23N5O3/c22-7-11-3-4-12(24-11)21-10-19-13-14(17-9-18-15(13)21)20-16(8-23)5-1-2-6-16/h9-12,22-23H,1-8H2,(H,17,18,20)/t11-,12+/m0/s1.